The topological polar surface area (TPSA) is 16.3 Å². The van der Waals surface area contributed by atoms with Crippen LogP contribution in [0.15, 0.2) is 84.2 Å². The predicted molar refractivity (Wildman–Crippen MR) is 278 cm³/mol. The molecule has 8 aliphatic rings. The molecule has 2 aliphatic heterocycles. The maximum absolute atomic E-state index is 4.93. The molecule has 4 nitrogen and oxygen atoms in total. The third-order valence-corrected chi connectivity index (χ3v) is 29.1. The van der Waals surface area contributed by atoms with Crippen LogP contribution in [0.25, 0.3) is 22.3 Å². The number of aryl methyl sites for hydroxylation is 2. The second-order valence-corrected chi connectivity index (χ2v) is 36.8. The minimum absolute atomic E-state index is 0.483. The number of fused-ring (bicyclic) bond motifs is 12. The Hall–Kier alpha value is -2.02. The van der Waals surface area contributed by atoms with Gasteiger partial charge >= 0.3 is 37.9 Å². The Bertz CT molecular complexity index is 2370. The van der Waals surface area contributed by atoms with Crippen molar-refractivity contribution < 1.29 is 20.8 Å². The van der Waals surface area contributed by atoms with Crippen LogP contribution in [0.4, 0.5) is 0 Å². The summed E-state index contributed by atoms with van der Waals surface area (Å²) in [6.45, 7) is 20.3. The predicted octanol–water partition coefficient (Wildman–Crippen LogP) is 14.8. The fourth-order valence-electron chi connectivity index (χ4n) is 17.2. The van der Waals surface area contributed by atoms with E-state index in [2.05, 4.69) is 174 Å². The number of hydrogen-bond acceptors (Lipinski definition) is 2. The summed E-state index contributed by atoms with van der Waals surface area (Å²) in [7, 11) is 15.8. The number of aromatic nitrogens is 2. The average molecular weight is 1020 g/mol. The van der Waals surface area contributed by atoms with Crippen molar-refractivity contribution in [2.24, 2.45) is 49.6 Å². The summed E-state index contributed by atoms with van der Waals surface area (Å²) < 4.78 is 4.93. The number of benzene rings is 2. The Morgan fingerprint density at radius 2 is 0.862 bits per heavy atom. The molecule has 346 valence electrons. The molecule has 0 radical (unpaired) electrons. The molecule has 0 N–H and O–H groups in total. The quantitative estimate of drug-likeness (QED) is 0.189. The van der Waals surface area contributed by atoms with Crippen molar-refractivity contribution in [2.45, 2.75) is 139 Å². The monoisotopic (exact) mass is 1020 g/mol. The molecule has 12 unspecified atom stereocenters. The maximum atomic E-state index is 4.93. The molecule has 2 aromatic carbocycles. The van der Waals surface area contributed by atoms with Crippen LogP contribution < -0.4 is 0 Å². The van der Waals surface area contributed by atoms with Gasteiger partial charge in [0.1, 0.15) is 0 Å². The molecule has 6 aliphatic carbocycles. The van der Waals surface area contributed by atoms with E-state index in [1.54, 1.807) is 11.4 Å². The Morgan fingerprint density at radius 1 is 0.508 bits per heavy atom. The molecule has 4 fully saturated rings. The molecule has 0 saturated heterocycles. The van der Waals surface area contributed by atoms with Crippen molar-refractivity contribution in [3.63, 3.8) is 0 Å². The van der Waals surface area contributed by atoms with E-state index in [0.29, 0.717) is 11.1 Å². The van der Waals surface area contributed by atoms with Gasteiger partial charge < -0.3 is 18.9 Å². The van der Waals surface area contributed by atoms with E-state index in [-0.39, 0.29) is 0 Å². The summed E-state index contributed by atoms with van der Waals surface area (Å²) in [6.07, 6.45) is 17.5. The Morgan fingerprint density at radius 3 is 1.25 bits per heavy atom. The van der Waals surface area contributed by atoms with Crippen molar-refractivity contribution in [3.8, 4) is 22.3 Å². The van der Waals surface area contributed by atoms with Crippen LogP contribution in [0, 0.1) is 49.4 Å². The fourth-order valence-corrected chi connectivity index (χ4v) is 27.9. The number of halogens is 2. The van der Waals surface area contributed by atoms with Gasteiger partial charge in [-0.1, -0.05) is 125 Å². The molecule has 4 saturated carbocycles. The first-order valence-corrected chi connectivity index (χ1v) is 38.0. The normalized spacial score (nSPS) is 32.4. The first-order chi connectivity index (χ1) is 31.1. The Labute approximate surface area is 413 Å². The zero-order valence-corrected chi connectivity index (χ0v) is 47.5. The Kier molecular flexibility index (Phi) is 12.5. The first kappa shape index (κ1) is 46.7. The SMILES string of the molecule is CC1=CC2C3CCCCC3C([Si](C)(C)C3C4CCCCC4C4C=C(C)N(C)C43)C2N1C.Cc1cc2c(n1C)C([Si](C)(C)C1c3ccccc3-c3cc(C)n(C)c31)c1ccccc1-2.[Cl][Zr][Cl]. The molecule has 65 heavy (non-hydrogen) atoms. The van der Waals surface area contributed by atoms with Crippen molar-refractivity contribution >= 4 is 33.2 Å². The number of rotatable bonds is 4. The molecule has 9 heteroatoms. The second kappa shape index (κ2) is 17.4. The van der Waals surface area contributed by atoms with Crippen LogP contribution in [0.2, 0.25) is 37.3 Å². The molecule has 12 atom stereocenters. The molecule has 4 aromatic rings. The van der Waals surface area contributed by atoms with Gasteiger partial charge in [0.2, 0.25) is 0 Å². The van der Waals surface area contributed by atoms with Gasteiger partial charge in [-0.25, -0.2) is 0 Å². The van der Waals surface area contributed by atoms with Crippen LogP contribution in [-0.4, -0.2) is 61.3 Å². The van der Waals surface area contributed by atoms with Gasteiger partial charge in [0.25, 0.3) is 0 Å². The number of allylic oxidation sites excluding steroid dienone is 2. The molecule has 2 aromatic heterocycles. The van der Waals surface area contributed by atoms with Gasteiger partial charge in [-0.3, -0.25) is 0 Å². The molecule has 0 spiro atoms. The molecule has 12 rings (SSSR count). The summed E-state index contributed by atoms with van der Waals surface area (Å²) in [5.74, 6) is 5.70. The van der Waals surface area contributed by atoms with Crippen molar-refractivity contribution in [1.82, 2.24) is 18.9 Å². The van der Waals surface area contributed by atoms with Crippen LogP contribution in [-0.2, 0) is 34.9 Å². The van der Waals surface area contributed by atoms with Gasteiger partial charge in [0.05, 0.1) is 16.1 Å². The van der Waals surface area contributed by atoms with E-state index in [1.165, 1.54) is 108 Å². The van der Waals surface area contributed by atoms with E-state index < -0.39 is 37.0 Å². The van der Waals surface area contributed by atoms with Gasteiger partial charge in [0, 0.05) is 108 Å². The van der Waals surface area contributed by atoms with Crippen LogP contribution in [0.5, 0.6) is 0 Å². The van der Waals surface area contributed by atoms with E-state index in [0.717, 1.165) is 58.7 Å². The molecule has 0 bridgehead atoms. The Balaban J connectivity index is 0.000000145. The van der Waals surface area contributed by atoms with E-state index in [9.17, 15) is 0 Å². The van der Waals surface area contributed by atoms with Crippen molar-refractivity contribution in [1.29, 1.82) is 0 Å². The van der Waals surface area contributed by atoms with Gasteiger partial charge in [0.15, 0.2) is 0 Å². The van der Waals surface area contributed by atoms with Gasteiger partial charge in [-0.2, -0.15) is 0 Å². The van der Waals surface area contributed by atoms with Crippen LogP contribution in [0.3, 0.4) is 0 Å². The van der Waals surface area contributed by atoms with E-state index >= 15 is 0 Å². The van der Waals surface area contributed by atoms with Gasteiger partial charge in [-0.15, -0.1) is 0 Å². The van der Waals surface area contributed by atoms with Crippen molar-refractivity contribution in [2.75, 3.05) is 14.1 Å². The minimum atomic E-state index is -1.92. The zero-order valence-electron chi connectivity index (χ0n) is 41.6. The number of hydrogen-bond donors (Lipinski definition) is 0. The first-order valence-electron chi connectivity index (χ1n) is 25.4. The summed E-state index contributed by atoms with van der Waals surface area (Å²) in [6, 6.07) is 24.7. The fraction of sp³-hybridized carbons (Fsp3) is 0.571. The van der Waals surface area contributed by atoms with E-state index in [1.807, 2.05) is 0 Å². The third kappa shape index (κ3) is 7.04. The molecular weight excluding hydrogens is 947 g/mol. The van der Waals surface area contributed by atoms with Crippen molar-refractivity contribution in [3.05, 3.63) is 118 Å². The van der Waals surface area contributed by atoms with E-state index in [4.69, 9.17) is 17.0 Å². The van der Waals surface area contributed by atoms with Gasteiger partial charge in [-0.05, 0) is 110 Å². The standard InChI is InChI=1S/C28H46N2Si.C28H30N2Si.2ClH.Zr/c2*1-17-15-23-19-11-7-9-13-21(19)27(25(23)29(17)3)31(5,6)28-22-14-10-8-12-20(22)24-16-18(2)30(4)26(24)28;;;/h15-16,19-28H,7-14H2,1-6H3;7-16,27-28H,1-6H3;2*1H;/q;;;;+2/p-2. The van der Waals surface area contributed by atoms with Crippen LogP contribution in [0.1, 0.15) is 110 Å². The zero-order chi connectivity index (χ0) is 46.0. The molecule has 4 heterocycles. The average Bonchev–Trinajstić information content (AvgIpc) is 4.16. The summed E-state index contributed by atoms with van der Waals surface area (Å²) in [5, 5.41) is 0. The third-order valence-electron chi connectivity index (χ3n) is 20.0. The van der Waals surface area contributed by atoms with Crippen LogP contribution >= 0.6 is 17.0 Å². The second-order valence-electron chi connectivity index (χ2n) is 23.3. The summed E-state index contributed by atoms with van der Waals surface area (Å²) >= 11 is -0.826. The molecular formula is C56H76Cl2N4Si2Zr. The summed E-state index contributed by atoms with van der Waals surface area (Å²) in [4.78, 5) is 5.52. The summed E-state index contributed by atoms with van der Waals surface area (Å²) in [5.41, 5.74) is 20.8. The molecule has 0 amide bonds. The number of nitrogens with zero attached hydrogens (tertiary/aromatic N) is 4.